The smallest absolute Gasteiger partial charge is 0.261 e. The number of carbonyl (C=O) groups is 1. The molecule has 3 aromatic rings. The zero-order valence-corrected chi connectivity index (χ0v) is 17.2. The molecule has 2 nitrogen and oxygen atoms in total. The first-order valence-electron chi connectivity index (χ1n) is 10.3. The van der Waals surface area contributed by atoms with Gasteiger partial charge < -0.3 is 5.32 Å². The number of hydrogen-bond acceptors (Lipinski definition) is 2. The molecule has 2 aromatic carbocycles. The molecule has 0 bridgehead atoms. The summed E-state index contributed by atoms with van der Waals surface area (Å²) in [5, 5.41) is 3.10. The van der Waals surface area contributed by atoms with E-state index in [4.69, 9.17) is 0 Å². The van der Waals surface area contributed by atoms with Crippen molar-refractivity contribution >= 4 is 17.2 Å². The Morgan fingerprint density at radius 1 is 0.929 bits per heavy atom. The minimum atomic E-state index is -0.00794. The minimum absolute atomic E-state index is 0.00553. The molecule has 0 unspecified atom stereocenters. The Kier molecular flexibility index (Phi) is 5.92. The van der Waals surface area contributed by atoms with Crippen LogP contribution in [0.5, 0.6) is 0 Å². The van der Waals surface area contributed by atoms with Gasteiger partial charge in [0.1, 0.15) is 0 Å². The third-order valence-corrected chi connectivity index (χ3v) is 6.88. The molecule has 28 heavy (non-hydrogen) atoms. The first-order valence-corrected chi connectivity index (χ1v) is 11.1. The lowest BCUT2D eigenvalue weighted by molar-refractivity contribution is 0.0944. The fraction of sp³-hybridized carbons (Fsp3) is 0.320. The highest BCUT2D eigenvalue weighted by molar-refractivity contribution is 7.17. The third kappa shape index (κ3) is 4.36. The van der Waals surface area contributed by atoms with E-state index >= 15 is 0 Å². The van der Waals surface area contributed by atoms with Gasteiger partial charge in [0.05, 0.1) is 10.9 Å². The second-order valence-corrected chi connectivity index (χ2v) is 8.81. The Morgan fingerprint density at radius 2 is 1.64 bits per heavy atom. The first kappa shape index (κ1) is 18.9. The second kappa shape index (κ2) is 8.74. The largest absolute Gasteiger partial charge is 0.345 e. The van der Waals surface area contributed by atoms with Gasteiger partial charge in [0, 0.05) is 4.88 Å². The molecule has 1 heterocycles. The molecule has 1 N–H and O–H groups in total. The number of hydrogen-bond donors (Lipinski definition) is 1. The summed E-state index contributed by atoms with van der Waals surface area (Å²) in [6.45, 7) is 2.02. The number of thiophene rings is 1. The van der Waals surface area contributed by atoms with Crippen LogP contribution in [-0.4, -0.2) is 5.91 Å². The van der Waals surface area contributed by atoms with Crippen LogP contribution >= 0.6 is 11.3 Å². The highest BCUT2D eigenvalue weighted by atomic mass is 32.1. The van der Waals surface area contributed by atoms with Crippen molar-refractivity contribution in [2.45, 2.75) is 51.0 Å². The Bertz CT molecular complexity index is 907. The minimum Gasteiger partial charge on any atom is -0.345 e. The van der Waals surface area contributed by atoms with Gasteiger partial charge in [-0.05, 0) is 54.5 Å². The molecule has 3 heteroatoms. The molecule has 1 amide bonds. The molecule has 0 radical (unpaired) electrons. The molecule has 1 aliphatic carbocycles. The van der Waals surface area contributed by atoms with E-state index in [1.54, 1.807) is 11.3 Å². The number of rotatable bonds is 5. The van der Waals surface area contributed by atoms with Crippen molar-refractivity contribution in [3.05, 3.63) is 82.7 Å². The lowest BCUT2D eigenvalue weighted by atomic mass is 9.84. The van der Waals surface area contributed by atoms with Crippen molar-refractivity contribution in [3.8, 4) is 10.4 Å². The number of benzene rings is 2. The summed E-state index contributed by atoms with van der Waals surface area (Å²) in [6.07, 6.45) is 6.75. The summed E-state index contributed by atoms with van der Waals surface area (Å²) in [4.78, 5) is 14.5. The van der Waals surface area contributed by atoms with E-state index in [1.165, 1.54) is 43.2 Å². The van der Waals surface area contributed by atoms with E-state index in [9.17, 15) is 4.79 Å². The van der Waals surface area contributed by atoms with Gasteiger partial charge in [0.2, 0.25) is 0 Å². The summed E-state index contributed by atoms with van der Waals surface area (Å²) < 4.78 is 0. The molecular formula is C25H27NOS. The average molecular weight is 390 g/mol. The standard InChI is InChI=1S/C25H27NOS/c1-18(19-8-4-2-5-9-19)26-25(27)24-17-16-23(28-24)22-14-12-21(13-15-22)20-10-6-3-7-11-20/h2,4-5,8-9,12-18,20H,3,6-7,10-11H2,1H3,(H,26,27)/t18-/m1/s1. The Morgan fingerprint density at radius 3 is 2.36 bits per heavy atom. The van der Waals surface area contributed by atoms with E-state index < -0.39 is 0 Å². The first-order chi connectivity index (χ1) is 13.7. The van der Waals surface area contributed by atoms with Crippen molar-refractivity contribution in [2.75, 3.05) is 0 Å². The van der Waals surface area contributed by atoms with Crippen molar-refractivity contribution in [1.82, 2.24) is 5.32 Å². The molecule has 1 fully saturated rings. The maximum atomic E-state index is 12.6. The summed E-state index contributed by atoms with van der Waals surface area (Å²) in [5.41, 5.74) is 3.78. The fourth-order valence-electron chi connectivity index (χ4n) is 4.06. The quantitative estimate of drug-likeness (QED) is 0.502. The van der Waals surface area contributed by atoms with Crippen LogP contribution in [0, 0.1) is 0 Å². The highest BCUT2D eigenvalue weighted by Crippen LogP contribution is 2.34. The third-order valence-electron chi connectivity index (χ3n) is 5.75. The van der Waals surface area contributed by atoms with E-state index in [1.807, 2.05) is 43.3 Å². The summed E-state index contributed by atoms with van der Waals surface area (Å²) in [7, 11) is 0. The normalized spacial score (nSPS) is 15.9. The van der Waals surface area contributed by atoms with E-state index in [0.717, 1.165) is 21.2 Å². The van der Waals surface area contributed by atoms with E-state index in [-0.39, 0.29) is 11.9 Å². The van der Waals surface area contributed by atoms with Crippen LogP contribution in [0.3, 0.4) is 0 Å². The molecule has 1 aromatic heterocycles. The molecule has 1 aliphatic rings. The molecule has 144 valence electrons. The molecule has 1 atom stereocenters. The van der Waals surface area contributed by atoms with Crippen LogP contribution in [0.25, 0.3) is 10.4 Å². The van der Waals surface area contributed by atoms with Crippen LogP contribution in [0.15, 0.2) is 66.7 Å². The van der Waals surface area contributed by atoms with E-state index in [2.05, 4.69) is 35.6 Å². The zero-order valence-electron chi connectivity index (χ0n) is 16.4. The highest BCUT2D eigenvalue weighted by Gasteiger charge is 2.16. The van der Waals surface area contributed by atoms with Crippen molar-refractivity contribution < 1.29 is 4.79 Å². The lowest BCUT2D eigenvalue weighted by Gasteiger charge is -2.22. The molecule has 0 spiro atoms. The van der Waals surface area contributed by atoms with Gasteiger partial charge in [-0.3, -0.25) is 4.79 Å². The lowest BCUT2D eigenvalue weighted by Crippen LogP contribution is -2.25. The SMILES string of the molecule is C[C@@H](NC(=O)c1ccc(-c2ccc(C3CCCCC3)cc2)s1)c1ccccc1. The fourth-order valence-corrected chi connectivity index (χ4v) is 4.98. The Balaban J connectivity index is 1.43. The second-order valence-electron chi connectivity index (χ2n) is 7.73. The topological polar surface area (TPSA) is 29.1 Å². The maximum absolute atomic E-state index is 12.6. The van der Waals surface area contributed by atoms with Gasteiger partial charge in [-0.2, -0.15) is 0 Å². The predicted molar refractivity (Wildman–Crippen MR) is 118 cm³/mol. The van der Waals surface area contributed by atoms with Crippen molar-refractivity contribution in [3.63, 3.8) is 0 Å². The van der Waals surface area contributed by atoms with Crippen LogP contribution in [0.4, 0.5) is 0 Å². The number of nitrogens with one attached hydrogen (secondary N) is 1. The molecule has 4 rings (SSSR count). The van der Waals surface area contributed by atoms with Crippen LogP contribution in [0.1, 0.15) is 71.8 Å². The van der Waals surface area contributed by atoms with Gasteiger partial charge >= 0.3 is 0 Å². The summed E-state index contributed by atoms with van der Waals surface area (Å²) >= 11 is 1.56. The van der Waals surface area contributed by atoms with Crippen molar-refractivity contribution in [1.29, 1.82) is 0 Å². The monoisotopic (exact) mass is 389 g/mol. The zero-order chi connectivity index (χ0) is 19.3. The maximum Gasteiger partial charge on any atom is 0.261 e. The number of amides is 1. The molecular weight excluding hydrogens is 362 g/mol. The van der Waals surface area contributed by atoms with Gasteiger partial charge in [-0.25, -0.2) is 0 Å². The average Bonchev–Trinajstić information content (AvgIpc) is 3.26. The van der Waals surface area contributed by atoms with Gasteiger partial charge in [0.15, 0.2) is 0 Å². The van der Waals surface area contributed by atoms with Gasteiger partial charge in [-0.15, -0.1) is 11.3 Å². The van der Waals surface area contributed by atoms with Gasteiger partial charge in [-0.1, -0.05) is 73.9 Å². The van der Waals surface area contributed by atoms with E-state index in [0.29, 0.717) is 0 Å². The Labute approximate surface area is 171 Å². The van der Waals surface area contributed by atoms with Crippen molar-refractivity contribution in [2.24, 2.45) is 0 Å². The molecule has 0 saturated heterocycles. The van der Waals surface area contributed by atoms with Crippen LogP contribution in [0.2, 0.25) is 0 Å². The van der Waals surface area contributed by atoms with Gasteiger partial charge in [0.25, 0.3) is 5.91 Å². The predicted octanol–water partition coefficient (Wildman–Crippen LogP) is 6.95. The summed E-state index contributed by atoms with van der Waals surface area (Å²) in [6, 6.07) is 23.0. The molecule has 1 saturated carbocycles. The molecule has 0 aliphatic heterocycles. The Hall–Kier alpha value is -2.39. The van der Waals surface area contributed by atoms with Crippen LogP contribution in [-0.2, 0) is 0 Å². The summed E-state index contributed by atoms with van der Waals surface area (Å²) in [5.74, 6) is 0.721. The van der Waals surface area contributed by atoms with Crippen LogP contribution < -0.4 is 5.32 Å². The number of carbonyl (C=O) groups excluding carboxylic acids is 1.